The summed E-state index contributed by atoms with van der Waals surface area (Å²) in [4.78, 5) is 1.89. The minimum Gasteiger partial charge on any atom is -0.384 e. The van der Waals surface area contributed by atoms with E-state index in [9.17, 15) is 21.6 Å². The predicted octanol–water partition coefficient (Wildman–Crippen LogP) is 4.61. The van der Waals surface area contributed by atoms with Crippen molar-refractivity contribution in [3.05, 3.63) is 53.6 Å². The molecule has 3 N–H and O–H groups in total. The Morgan fingerprint density at radius 2 is 1.82 bits per heavy atom. The maximum absolute atomic E-state index is 14.1. The van der Waals surface area contributed by atoms with Gasteiger partial charge in [-0.15, -0.1) is 0 Å². The van der Waals surface area contributed by atoms with E-state index in [0.29, 0.717) is 31.1 Å². The topological polar surface area (TPSA) is 84.7 Å². The molecule has 10 heteroatoms. The minimum atomic E-state index is -4.61. The van der Waals surface area contributed by atoms with Crippen LogP contribution in [-0.4, -0.2) is 41.4 Å². The summed E-state index contributed by atoms with van der Waals surface area (Å²) < 4.78 is 70.9. The largest absolute Gasteiger partial charge is 0.412 e. The molecule has 0 saturated carbocycles. The molecule has 182 valence electrons. The summed E-state index contributed by atoms with van der Waals surface area (Å²) in [5.41, 5.74) is 1.18. The van der Waals surface area contributed by atoms with Crippen molar-refractivity contribution >= 4 is 21.4 Å². The van der Waals surface area contributed by atoms with Crippen LogP contribution in [-0.2, 0) is 14.8 Å². The molecule has 2 aromatic rings. The number of anilines is 2. The molecule has 0 bridgehead atoms. The van der Waals surface area contributed by atoms with Gasteiger partial charge in [-0.3, -0.25) is 0 Å². The molecule has 0 aliphatic carbocycles. The molecule has 0 amide bonds. The van der Waals surface area contributed by atoms with Crippen molar-refractivity contribution in [1.82, 2.24) is 0 Å². The second-order valence-corrected chi connectivity index (χ2v) is 10.5. The third-order valence-corrected chi connectivity index (χ3v) is 7.25. The van der Waals surface area contributed by atoms with Gasteiger partial charge >= 0.3 is 6.18 Å². The third-order valence-electron chi connectivity index (χ3n) is 6.17. The van der Waals surface area contributed by atoms with Crippen LogP contribution in [0.5, 0.6) is 0 Å². The molecular formula is C23H30F3N3O3S. The van der Waals surface area contributed by atoms with E-state index in [4.69, 9.17) is 9.88 Å². The lowest BCUT2D eigenvalue weighted by atomic mass is 9.81. The van der Waals surface area contributed by atoms with Crippen LogP contribution in [0.2, 0.25) is 0 Å². The van der Waals surface area contributed by atoms with Crippen LogP contribution in [0.1, 0.15) is 36.9 Å². The quantitative estimate of drug-likeness (QED) is 0.598. The van der Waals surface area contributed by atoms with Crippen LogP contribution in [0.4, 0.5) is 24.5 Å². The minimum absolute atomic E-state index is 0.0464. The maximum Gasteiger partial charge on any atom is 0.412 e. The van der Waals surface area contributed by atoms with E-state index in [0.717, 1.165) is 25.0 Å². The fourth-order valence-electron chi connectivity index (χ4n) is 4.33. The Kier molecular flexibility index (Phi) is 7.30. The molecule has 0 radical (unpaired) electrons. The van der Waals surface area contributed by atoms with Crippen LogP contribution in [0.3, 0.4) is 0 Å². The Labute approximate surface area is 193 Å². The number of aryl methyl sites for hydroxylation is 1. The van der Waals surface area contributed by atoms with Crippen molar-refractivity contribution in [3.63, 3.8) is 0 Å². The molecule has 1 atom stereocenters. The van der Waals surface area contributed by atoms with Crippen LogP contribution in [0, 0.1) is 12.3 Å². The fourth-order valence-corrected chi connectivity index (χ4v) is 5.10. The zero-order valence-electron chi connectivity index (χ0n) is 18.9. The van der Waals surface area contributed by atoms with Gasteiger partial charge < -0.3 is 15.0 Å². The number of nitrogens with two attached hydrogens (primary N) is 1. The highest BCUT2D eigenvalue weighted by Crippen LogP contribution is 2.40. The lowest BCUT2D eigenvalue weighted by Crippen LogP contribution is -2.41. The summed E-state index contributed by atoms with van der Waals surface area (Å²) in [5.74, 6) is 0. The number of methoxy groups -OCH3 is 1. The van der Waals surface area contributed by atoms with Crippen LogP contribution in [0.15, 0.2) is 47.4 Å². The SMILES string of the molecule is COCC1(C)CCN(c2ccccc2NC(c2ccc(S(N)(=O)=O)c(C)c2)C(F)(F)F)CC1. The fraction of sp³-hybridized carbons (Fsp3) is 0.478. The Morgan fingerprint density at radius 3 is 2.36 bits per heavy atom. The smallest absolute Gasteiger partial charge is 0.384 e. The average molecular weight is 486 g/mol. The normalized spacial score (nSPS) is 17.6. The lowest BCUT2D eigenvalue weighted by Gasteiger charge is -2.41. The highest BCUT2D eigenvalue weighted by molar-refractivity contribution is 7.89. The standard InChI is InChI=1S/C23H30F3N3O3S/c1-16-14-17(8-9-20(16)33(27,30)31)21(23(24,25)26)28-18-6-4-5-7-19(18)29-12-10-22(2,11-13-29)15-32-3/h4-9,14,21,28H,10-13,15H2,1-3H3,(H2,27,30,31). The maximum atomic E-state index is 14.1. The summed E-state index contributed by atoms with van der Waals surface area (Å²) in [7, 11) is -2.35. The van der Waals surface area contributed by atoms with Gasteiger partial charge in [0.25, 0.3) is 0 Å². The van der Waals surface area contributed by atoms with E-state index in [1.54, 1.807) is 25.3 Å². The molecular weight excluding hydrogens is 455 g/mol. The van der Waals surface area contributed by atoms with Crippen molar-refractivity contribution in [3.8, 4) is 0 Å². The summed E-state index contributed by atoms with van der Waals surface area (Å²) >= 11 is 0. The Bertz CT molecular complexity index is 1080. The molecule has 3 rings (SSSR count). The number of hydrogen-bond acceptors (Lipinski definition) is 5. The number of para-hydroxylation sites is 2. The molecule has 1 aliphatic rings. The van der Waals surface area contributed by atoms with E-state index in [1.807, 2.05) is 6.07 Å². The highest BCUT2D eigenvalue weighted by atomic mass is 32.2. The zero-order chi connectivity index (χ0) is 24.4. The van der Waals surface area contributed by atoms with Crippen LogP contribution >= 0.6 is 0 Å². The van der Waals surface area contributed by atoms with Gasteiger partial charge in [-0.1, -0.05) is 31.2 Å². The molecule has 0 spiro atoms. The number of benzene rings is 2. The molecule has 1 heterocycles. The number of rotatable bonds is 7. The Hall–Kier alpha value is -2.30. The number of primary sulfonamides is 1. The molecule has 2 aromatic carbocycles. The van der Waals surface area contributed by atoms with Crippen molar-refractivity contribution in [2.45, 2.75) is 43.8 Å². The predicted molar refractivity (Wildman–Crippen MR) is 123 cm³/mol. The van der Waals surface area contributed by atoms with Crippen LogP contribution < -0.4 is 15.4 Å². The first kappa shape index (κ1) is 25.3. The first-order valence-electron chi connectivity index (χ1n) is 10.6. The van der Waals surface area contributed by atoms with Crippen molar-refractivity contribution in [2.75, 3.05) is 37.0 Å². The number of sulfonamides is 1. The van der Waals surface area contributed by atoms with Gasteiger partial charge in [-0.2, -0.15) is 13.2 Å². The number of piperidine rings is 1. The summed E-state index contributed by atoms with van der Waals surface area (Å²) in [6.07, 6.45) is -2.88. The molecule has 6 nitrogen and oxygen atoms in total. The molecule has 1 unspecified atom stereocenters. The lowest BCUT2D eigenvalue weighted by molar-refractivity contribution is -0.144. The Balaban J connectivity index is 1.90. The van der Waals surface area contributed by atoms with Gasteiger partial charge in [0.15, 0.2) is 0 Å². The van der Waals surface area contributed by atoms with Gasteiger partial charge in [0.2, 0.25) is 10.0 Å². The second-order valence-electron chi connectivity index (χ2n) is 8.94. The van der Waals surface area contributed by atoms with Crippen LogP contribution in [0.25, 0.3) is 0 Å². The Morgan fingerprint density at radius 1 is 1.18 bits per heavy atom. The summed E-state index contributed by atoms with van der Waals surface area (Å²) in [6.45, 7) is 5.64. The molecule has 0 aromatic heterocycles. The van der Waals surface area contributed by atoms with Gasteiger partial charge in [-0.25, -0.2) is 13.6 Å². The molecule has 1 aliphatic heterocycles. The summed E-state index contributed by atoms with van der Waals surface area (Å²) in [5, 5.41) is 7.81. The van der Waals surface area contributed by atoms with Gasteiger partial charge in [-0.05, 0) is 54.5 Å². The first-order valence-corrected chi connectivity index (χ1v) is 12.2. The van der Waals surface area contributed by atoms with E-state index in [2.05, 4.69) is 17.1 Å². The molecule has 33 heavy (non-hydrogen) atoms. The monoisotopic (exact) mass is 485 g/mol. The van der Waals surface area contributed by atoms with Gasteiger partial charge in [0.1, 0.15) is 6.04 Å². The zero-order valence-corrected chi connectivity index (χ0v) is 19.8. The van der Waals surface area contributed by atoms with Crippen molar-refractivity contribution in [2.24, 2.45) is 10.6 Å². The first-order chi connectivity index (χ1) is 15.3. The van der Waals surface area contributed by atoms with Gasteiger partial charge in [0, 0.05) is 20.2 Å². The molecule has 1 fully saturated rings. The number of ether oxygens (including phenoxy) is 1. The second kappa shape index (κ2) is 9.52. The van der Waals surface area contributed by atoms with E-state index >= 15 is 0 Å². The number of hydrogen-bond donors (Lipinski definition) is 2. The van der Waals surface area contributed by atoms with E-state index in [1.165, 1.54) is 13.0 Å². The van der Waals surface area contributed by atoms with Gasteiger partial charge in [0.05, 0.1) is 22.9 Å². The van der Waals surface area contributed by atoms with E-state index < -0.39 is 22.2 Å². The number of halogens is 3. The van der Waals surface area contributed by atoms with E-state index in [-0.39, 0.29) is 21.4 Å². The highest BCUT2D eigenvalue weighted by Gasteiger charge is 2.42. The molecule has 1 saturated heterocycles. The number of nitrogens with zero attached hydrogens (tertiary/aromatic N) is 1. The third kappa shape index (κ3) is 5.99. The average Bonchev–Trinajstić information content (AvgIpc) is 2.71. The van der Waals surface area contributed by atoms with Crippen molar-refractivity contribution in [1.29, 1.82) is 0 Å². The summed E-state index contributed by atoms with van der Waals surface area (Å²) in [6, 6.07) is 8.39. The number of nitrogens with one attached hydrogen (secondary N) is 1. The number of alkyl halides is 3. The van der Waals surface area contributed by atoms with Crippen molar-refractivity contribution < 1.29 is 26.3 Å².